The monoisotopic (exact) mass is 284 g/mol. The van der Waals surface area contributed by atoms with Gasteiger partial charge in [-0.05, 0) is 34.7 Å². The highest BCUT2D eigenvalue weighted by Crippen LogP contribution is 2.12. The molecule has 0 saturated heterocycles. The molecule has 9 heteroatoms. The lowest BCUT2D eigenvalue weighted by atomic mass is 10.4. The minimum Gasteiger partial charge on any atom is -0.244 e. The Kier molecular flexibility index (Phi) is 3.30. The minimum absolute atomic E-state index is 0.0814. The van der Waals surface area contributed by atoms with Gasteiger partial charge in [0.25, 0.3) is 0 Å². The zero-order valence-corrected chi connectivity index (χ0v) is 10.6. The van der Waals surface area contributed by atoms with Crippen LogP contribution in [0.3, 0.4) is 0 Å². The largest absolute Gasteiger partial charge is 0.367 e. The molecular formula is C10H9FN4O3S. The number of sulfone groups is 1. The Labute approximate surface area is 107 Å². The van der Waals surface area contributed by atoms with E-state index in [9.17, 15) is 17.6 Å². The highest BCUT2D eigenvalue weighted by atomic mass is 32.2. The molecule has 1 aromatic heterocycles. The fourth-order valence-electron chi connectivity index (χ4n) is 1.26. The summed E-state index contributed by atoms with van der Waals surface area (Å²) in [6.07, 6.45) is 0.980. The molecule has 2 rings (SSSR count). The van der Waals surface area contributed by atoms with Crippen LogP contribution in [0.4, 0.5) is 4.39 Å². The lowest BCUT2D eigenvalue weighted by Gasteiger charge is -1.97. The number of benzene rings is 1. The molecule has 0 radical (unpaired) electrons. The molecule has 1 aromatic carbocycles. The van der Waals surface area contributed by atoms with Gasteiger partial charge in [-0.25, -0.2) is 17.6 Å². The molecule has 0 saturated carbocycles. The third kappa shape index (κ3) is 2.76. The van der Waals surface area contributed by atoms with Crippen molar-refractivity contribution in [2.75, 3.05) is 0 Å². The maximum absolute atomic E-state index is 12.7. The Bertz CT molecular complexity index is 774. The summed E-state index contributed by atoms with van der Waals surface area (Å²) in [5.41, 5.74) is -0.578. The Morgan fingerprint density at radius 1 is 1.21 bits per heavy atom. The summed E-state index contributed by atoms with van der Waals surface area (Å²) < 4.78 is 38.1. The van der Waals surface area contributed by atoms with Crippen molar-refractivity contribution in [3.05, 3.63) is 46.0 Å². The summed E-state index contributed by atoms with van der Waals surface area (Å²) in [5, 5.41) is 7.66. The second-order valence-corrected chi connectivity index (χ2v) is 5.45. The maximum atomic E-state index is 12.7. The molecule has 0 unspecified atom stereocenters. The van der Waals surface area contributed by atoms with Crippen LogP contribution in [0.15, 0.2) is 39.4 Å². The van der Waals surface area contributed by atoms with Crippen molar-refractivity contribution < 1.29 is 12.8 Å². The Hall–Kier alpha value is -2.29. The Balaban J connectivity index is 2.34. The van der Waals surface area contributed by atoms with Gasteiger partial charge in [0, 0.05) is 13.2 Å². The van der Waals surface area contributed by atoms with Crippen LogP contribution >= 0.6 is 0 Å². The maximum Gasteiger partial charge on any atom is 0.367 e. The number of aromatic nitrogens is 4. The number of hydrogen-bond donors (Lipinski definition) is 0. The van der Waals surface area contributed by atoms with E-state index in [1.54, 1.807) is 0 Å². The second kappa shape index (κ2) is 4.76. The topological polar surface area (TPSA) is 86.8 Å². The molecule has 2 aromatic rings. The molecule has 100 valence electrons. The third-order valence-corrected chi connectivity index (χ3v) is 3.68. The predicted molar refractivity (Wildman–Crippen MR) is 64.2 cm³/mol. The van der Waals surface area contributed by atoms with Crippen molar-refractivity contribution >= 4 is 16.0 Å². The zero-order valence-electron chi connectivity index (χ0n) is 9.76. The van der Waals surface area contributed by atoms with E-state index >= 15 is 0 Å². The van der Waals surface area contributed by atoms with Crippen LogP contribution in [0.1, 0.15) is 0 Å². The van der Waals surface area contributed by atoms with Gasteiger partial charge in [-0.15, -0.1) is 0 Å². The zero-order chi connectivity index (χ0) is 14.0. The molecule has 0 aliphatic heterocycles. The Morgan fingerprint density at radius 2 is 1.84 bits per heavy atom. The summed E-state index contributed by atoms with van der Waals surface area (Å²) in [6, 6.07) is 4.34. The summed E-state index contributed by atoms with van der Waals surface area (Å²) in [5.74, 6) is -0.534. The van der Waals surface area contributed by atoms with Crippen LogP contribution in [-0.2, 0) is 16.9 Å². The van der Waals surface area contributed by atoms with E-state index in [1.165, 1.54) is 7.05 Å². The highest BCUT2D eigenvalue weighted by Gasteiger charge is 2.10. The normalized spacial score (nSPS) is 12.1. The second-order valence-electron chi connectivity index (χ2n) is 3.61. The standard InChI is InChI=1S/C10H9FN4O3S/c1-14-10(16)15(13-12-14)6-7-19(17,18)9-4-2-8(11)3-5-9/h2-7H,1H3. The molecule has 7 nitrogen and oxygen atoms in total. The highest BCUT2D eigenvalue weighted by molar-refractivity contribution is 7.94. The van der Waals surface area contributed by atoms with Crippen molar-refractivity contribution in [3.8, 4) is 0 Å². The van der Waals surface area contributed by atoms with E-state index in [0.29, 0.717) is 0 Å². The molecule has 1 heterocycles. The fraction of sp³-hybridized carbons (Fsp3) is 0.100. The number of aryl methyl sites for hydroxylation is 1. The lowest BCUT2D eigenvalue weighted by molar-refractivity contribution is 0.603. The first-order chi connectivity index (χ1) is 8.90. The molecule has 0 N–H and O–H groups in total. The predicted octanol–water partition coefficient (Wildman–Crippen LogP) is 0.0180. The van der Waals surface area contributed by atoms with E-state index in [1.807, 2.05) is 0 Å². The van der Waals surface area contributed by atoms with E-state index in [2.05, 4.69) is 10.4 Å². The van der Waals surface area contributed by atoms with Crippen LogP contribution in [0.5, 0.6) is 0 Å². The van der Waals surface area contributed by atoms with Crippen molar-refractivity contribution in [2.45, 2.75) is 4.90 Å². The molecule has 0 spiro atoms. The van der Waals surface area contributed by atoms with Gasteiger partial charge < -0.3 is 0 Å². The summed E-state index contributed by atoms with van der Waals surface area (Å²) in [7, 11) is -2.38. The average Bonchev–Trinajstić information content (AvgIpc) is 2.68. The molecular weight excluding hydrogens is 275 g/mol. The van der Waals surface area contributed by atoms with Gasteiger partial charge >= 0.3 is 5.69 Å². The number of tetrazole rings is 1. The molecule has 0 aliphatic carbocycles. The van der Waals surface area contributed by atoms with Gasteiger partial charge in [-0.2, -0.15) is 9.36 Å². The van der Waals surface area contributed by atoms with Gasteiger partial charge in [0.1, 0.15) is 5.82 Å². The van der Waals surface area contributed by atoms with Gasteiger partial charge in [0.2, 0.25) is 9.84 Å². The van der Waals surface area contributed by atoms with Crippen molar-refractivity contribution in [1.82, 2.24) is 19.8 Å². The SMILES string of the molecule is Cn1nnn(C=CS(=O)(=O)c2ccc(F)cc2)c1=O. The van der Waals surface area contributed by atoms with Crippen LogP contribution in [0.25, 0.3) is 6.20 Å². The van der Waals surface area contributed by atoms with E-state index in [0.717, 1.165) is 45.2 Å². The summed E-state index contributed by atoms with van der Waals surface area (Å²) in [4.78, 5) is 11.3. The average molecular weight is 284 g/mol. The number of halogens is 1. The first-order valence-electron chi connectivity index (χ1n) is 5.07. The van der Waals surface area contributed by atoms with Crippen molar-refractivity contribution in [2.24, 2.45) is 7.05 Å². The molecule has 0 atom stereocenters. The van der Waals surface area contributed by atoms with Crippen LogP contribution in [-0.4, -0.2) is 28.2 Å². The third-order valence-electron chi connectivity index (χ3n) is 2.27. The van der Waals surface area contributed by atoms with Gasteiger partial charge in [-0.1, -0.05) is 0 Å². The van der Waals surface area contributed by atoms with Crippen LogP contribution in [0.2, 0.25) is 0 Å². The van der Waals surface area contributed by atoms with Gasteiger partial charge in [0.15, 0.2) is 0 Å². The van der Waals surface area contributed by atoms with E-state index < -0.39 is 21.3 Å². The molecule has 0 fully saturated rings. The smallest absolute Gasteiger partial charge is 0.244 e. The van der Waals surface area contributed by atoms with Crippen molar-refractivity contribution in [3.63, 3.8) is 0 Å². The molecule has 0 amide bonds. The van der Waals surface area contributed by atoms with Crippen LogP contribution < -0.4 is 5.69 Å². The number of rotatable bonds is 3. The molecule has 19 heavy (non-hydrogen) atoms. The molecule has 0 aliphatic rings. The van der Waals surface area contributed by atoms with Crippen molar-refractivity contribution in [1.29, 1.82) is 0 Å². The quantitative estimate of drug-likeness (QED) is 0.741. The lowest BCUT2D eigenvalue weighted by Crippen LogP contribution is -2.19. The summed E-state index contributed by atoms with van der Waals surface area (Å²) >= 11 is 0. The van der Waals surface area contributed by atoms with Gasteiger partial charge in [0.05, 0.1) is 10.3 Å². The van der Waals surface area contributed by atoms with E-state index in [-0.39, 0.29) is 4.90 Å². The minimum atomic E-state index is -3.77. The molecule has 0 bridgehead atoms. The Morgan fingerprint density at radius 3 is 2.37 bits per heavy atom. The number of hydrogen-bond acceptors (Lipinski definition) is 5. The first-order valence-corrected chi connectivity index (χ1v) is 6.62. The van der Waals surface area contributed by atoms with E-state index in [4.69, 9.17) is 0 Å². The van der Waals surface area contributed by atoms with Gasteiger partial charge in [-0.3, -0.25) is 0 Å². The van der Waals surface area contributed by atoms with Crippen LogP contribution in [0, 0.1) is 5.82 Å². The fourth-order valence-corrected chi connectivity index (χ4v) is 2.21. The number of nitrogens with zero attached hydrogens (tertiary/aromatic N) is 4. The first kappa shape index (κ1) is 13.1. The summed E-state index contributed by atoms with van der Waals surface area (Å²) in [6.45, 7) is 0.